The molecule has 1 fully saturated rings. The minimum Gasteiger partial charge on any atom is -0.357 e. The molecule has 2 unspecified atom stereocenters. The lowest BCUT2D eigenvalue weighted by molar-refractivity contribution is 0.270. The summed E-state index contributed by atoms with van der Waals surface area (Å²) in [4.78, 5) is 4.70. The van der Waals surface area contributed by atoms with Gasteiger partial charge in [0.25, 0.3) is 0 Å². The van der Waals surface area contributed by atoms with Crippen molar-refractivity contribution in [2.75, 3.05) is 13.1 Å². The average Bonchev–Trinajstić information content (AvgIpc) is 3.16. The van der Waals surface area contributed by atoms with E-state index in [2.05, 4.69) is 39.2 Å². The fraction of sp³-hybridized carbons (Fsp3) is 0.833. The van der Waals surface area contributed by atoms with Crippen molar-refractivity contribution >= 4 is 29.9 Å². The molecule has 2 atom stereocenters. The molecule has 0 radical (unpaired) electrons. The molecular weight excluding hydrogens is 427 g/mol. The van der Waals surface area contributed by atoms with E-state index in [0.29, 0.717) is 6.54 Å². The molecule has 0 aromatic carbocycles. The van der Waals surface area contributed by atoms with Gasteiger partial charge in [-0.3, -0.25) is 0 Å². The molecule has 1 aromatic heterocycles. The molecule has 1 saturated carbocycles. The van der Waals surface area contributed by atoms with Crippen LogP contribution in [0.4, 0.5) is 0 Å². The molecule has 25 heavy (non-hydrogen) atoms. The molecular formula is C18H33IN6. The largest absolute Gasteiger partial charge is 0.357 e. The van der Waals surface area contributed by atoms with Gasteiger partial charge in [0.05, 0.1) is 0 Å². The third kappa shape index (κ3) is 5.82. The summed E-state index contributed by atoms with van der Waals surface area (Å²) in [5.41, 5.74) is 0. The first kappa shape index (κ1) is 20.5. The first-order valence-electron chi connectivity index (χ1n) is 9.69. The van der Waals surface area contributed by atoms with Crippen LogP contribution in [0, 0.1) is 11.8 Å². The summed E-state index contributed by atoms with van der Waals surface area (Å²) in [7, 11) is 0. The van der Waals surface area contributed by atoms with E-state index in [-0.39, 0.29) is 24.0 Å². The van der Waals surface area contributed by atoms with Crippen LogP contribution in [0.1, 0.15) is 64.0 Å². The highest BCUT2D eigenvalue weighted by molar-refractivity contribution is 14.0. The molecule has 0 saturated heterocycles. The molecule has 3 rings (SSSR count). The van der Waals surface area contributed by atoms with E-state index in [0.717, 1.165) is 55.5 Å². The van der Waals surface area contributed by atoms with Crippen molar-refractivity contribution in [3.8, 4) is 0 Å². The average molecular weight is 460 g/mol. The second-order valence-electron chi connectivity index (χ2n) is 7.34. The number of aryl methyl sites for hydroxylation is 1. The van der Waals surface area contributed by atoms with Crippen molar-refractivity contribution in [3.05, 3.63) is 11.6 Å². The molecule has 6 nitrogen and oxygen atoms in total. The zero-order valence-corrected chi connectivity index (χ0v) is 18.0. The van der Waals surface area contributed by atoms with Gasteiger partial charge in [-0.1, -0.05) is 26.2 Å². The number of fused-ring (bicyclic) bond motifs is 1. The number of halogens is 1. The lowest BCUT2D eigenvalue weighted by Crippen LogP contribution is -2.38. The smallest absolute Gasteiger partial charge is 0.191 e. The number of hydrogen-bond acceptors (Lipinski definition) is 3. The summed E-state index contributed by atoms with van der Waals surface area (Å²) in [5.74, 6) is 4.78. The van der Waals surface area contributed by atoms with E-state index in [4.69, 9.17) is 4.99 Å². The Balaban J connectivity index is 0.00000225. The second-order valence-corrected chi connectivity index (χ2v) is 7.34. The Morgan fingerprint density at radius 2 is 2.12 bits per heavy atom. The van der Waals surface area contributed by atoms with Crippen LogP contribution in [0.2, 0.25) is 0 Å². The van der Waals surface area contributed by atoms with Gasteiger partial charge in [-0.25, -0.2) is 4.99 Å². The van der Waals surface area contributed by atoms with Crippen molar-refractivity contribution < 1.29 is 0 Å². The quantitative estimate of drug-likeness (QED) is 0.389. The minimum absolute atomic E-state index is 0. The van der Waals surface area contributed by atoms with Gasteiger partial charge in [0.2, 0.25) is 0 Å². The van der Waals surface area contributed by atoms with Gasteiger partial charge in [0.1, 0.15) is 12.4 Å². The Morgan fingerprint density at radius 3 is 2.92 bits per heavy atom. The van der Waals surface area contributed by atoms with Gasteiger partial charge in [0.15, 0.2) is 11.8 Å². The van der Waals surface area contributed by atoms with E-state index in [1.54, 1.807) is 0 Å². The third-order valence-electron chi connectivity index (χ3n) is 5.30. The van der Waals surface area contributed by atoms with Gasteiger partial charge in [-0.05, 0) is 38.0 Å². The maximum absolute atomic E-state index is 4.70. The maximum atomic E-state index is 4.70. The monoisotopic (exact) mass is 460 g/mol. The number of aromatic nitrogens is 3. The topological polar surface area (TPSA) is 67.1 Å². The fourth-order valence-electron chi connectivity index (χ4n) is 4.04. The molecule has 1 aromatic rings. The number of hydrogen-bond donors (Lipinski definition) is 2. The molecule has 2 N–H and O–H groups in total. The van der Waals surface area contributed by atoms with Crippen LogP contribution in [0.3, 0.4) is 0 Å². The normalized spacial score (nSPS) is 23.0. The predicted molar refractivity (Wildman–Crippen MR) is 112 cm³/mol. The number of nitrogens with one attached hydrogen (secondary N) is 2. The highest BCUT2D eigenvalue weighted by Gasteiger charge is 2.19. The maximum Gasteiger partial charge on any atom is 0.191 e. The molecule has 142 valence electrons. The van der Waals surface area contributed by atoms with Crippen molar-refractivity contribution in [1.29, 1.82) is 0 Å². The van der Waals surface area contributed by atoms with E-state index >= 15 is 0 Å². The molecule has 0 bridgehead atoms. The molecule has 7 heteroatoms. The fourth-order valence-corrected chi connectivity index (χ4v) is 4.04. The highest BCUT2D eigenvalue weighted by Crippen LogP contribution is 2.30. The number of guanidine groups is 1. The minimum atomic E-state index is 0. The molecule has 0 amide bonds. The molecule has 2 aliphatic rings. The molecule has 1 aliphatic heterocycles. The Kier molecular flexibility index (Phi) is 8.45. The van der Waals surface area contributed by atoms with Gasteiger partial charge in [0, 0.05) is 26.1 Å². The van der Waals surface area contributed by atoms with E-state index < -0.39 is 0 Å². The summed E-state index contributed by atoms with van der Waals surface area (Å²) in [5, 5.41) is 15.4. The van der Waals surface area contributed by atoms with Crippen LogP contribution in [0.25, 0.3) is 0 Å². The highest BCUT2D eigenvalue weighted by atomic mass is 127. The van der Waals surface area contributed by atoms with Crippen molar-refractivity contribution in [2.24, 2.45) is 16.8 Å². The Hall–Kier alpha value is -0.860. The summed E-state index contributed by atoms with van der Waals surface area (Å²) < 4.78 is 2.22. The van der Waals surface area contributed by atoms with Crippen LogP contribution in [0.15, 0.2) is 4.99 Å². The SMILES string of the molecule is CCNC(=NCc1nnc2n1CCC2)NCCC1CCCC(C)C1.I. The summed E-state index contributed by atoms with van der Waals surface area (Å²) in [6.07, 6.45) is 9.07. The standard InChI is InChI=1S/C18H32N6.HI/c1-3-19-18(20-10-9-15-7-4-6-14(2)12-15)21-13-17-23-22-16-8-5-11-24(16)17;/h14-15H,3-13H2,1-2H3,(H2,19,20,21);1H. The van der Waals surface area contributed by atoms with Crippen molar-refractivity contribution in [2.45, 2.75) is 71.9 Å². The van der Waals surface area contributed by atoms with E-state index in [9.17, 15) is 0 Å². The lowest BCUT2D eigenvalue weighted by Gasteiger charge is -2.26. The van der Waals surface area contributed by atoms with Crippen molar-refractivity contribution in [3.63, 3.8) is 0 Å². The van der Waals surface area contributed by atoms with Crippen LogP contribution >= 0.6 is 24.0 Å². The van der Waals surface area contributed by atoms with Gasteiger partial charge in [-0.2, -0.15) is 0 Å². The number of rotatable bonds is 6. The molecule has 1 aliphatic carbocycles. The number of aliphatic imine (C=N–C) groups is 1. The van der Waals surface area contributed by atoms with Crippen LogP contribution in [-0.4, -0.2) is 33.8 Å². The predicted octanol–water partition coefficient (Wildman–Crippen LogP) is 3.11. The Morgan fingerprint density at radius 1 is 1.24 bits per heavy atom. The number of nitrogens with zero attached hydrogens (tertiary/aromatic N) is 4. The summed E-state index contributed by atoms with van der Waals surface area (Å²) in [6, 6.07) is 0. The molecule has 0 spiro atoms. The third-order valence-corrected chi connectivity index (χ3v) is 5.30. The molecule has 2 heterocycles. The van der Waals surface area contributed by atoms with Crippen LogP contribution < -0.4 is 10.6 Å². The van der Waals surface area contributed by atoms with Gasteiger partial charge in [-0.15, -0.1) is 34.2 Å². The summed E-state index contributed by atoms with van der Waals surface area (Å²) >= 11 is 0. The first-order valence-corrected chi connectivity index (χ1v) is 9.69. The van der Waals surface area contributed by atoms with Gasteiger partial charge >= 0.3 is 0 Å². The second kappa shape index (κ2) is 10.3. The van der Waals surface area contributed by atoms with Crippen molar-refractivity contribution in [1.82, 2.24) is 25.4 Å². The Labute approximate surface area is 168 Å². The zero-order valence-electron chi connectivity index (χ0n) is 15.6. The van der Waals surface area contributed by atoms with Crippen LogP contribution in [0.5, 0.6) is 0 Å². The van der Waals surface area contributed by atoms with E-state index in [1.165, 1.54) is 38.5 Å². The zero-order chi connectivity index (χ0) is 16.8. The Bertz CT molecular complexity index is 556. The lowest BCUT2D eigenvalue weighted by atomic mass is 9.81. The van der Waals surface area contributed by atoms with E-state index in [1.807, 2.05) is 0 Å². The first-order chi connectivity index (χ1) is 11.8. The summed E-state index contributed by atoms with van der Waals surface area (Å²) in [6.45, 7) is 8.02. The van der Waals surface area contributed by atoms with Crippen LogP contribution in [-0.2, 0) is 19.5 Å². The van der Waals surface area contributed by atoms with Gasteiger partial charge < -0.3 is 15.2 Å².